The molecule has 0 aliphatic carbocycles. The van der Waals surface area contributed by atoms with E-state index in [1.165, 1.54) is 33.8 Å². The van der Waals surface area contributed by atoms with Gasteiger partial charge < -0.3 is 9.31 Å². The van der Waals surface area contributed by atoms with Gasteiger partial charge in [-0.25, -0.2) is 19.9 Å². The molecule has 0 spiro atoms. The van der Waals surface area contributed by atoms with Crippen molar-refractivity contribution in [1.29, 1.82) is 0 Å². The topological polar surface area (TPSA) is 154 Å². The molecule has 0 saturated carbocycles. The summed E-state index contributed by atoms with van der Waals surface area (Å²) in [4.78, 5) is 52.4. The van der Waals surface area contributed by atoms with E-state index in [1.807, 2.05) is 125 Å². The molecule has 2 N–H and O–H groups in total. The summed E-state index contributed by atoms with van der Waals surface area (Å²) in [6.07, 6.45) is 6.98. The van der Waals surface area contributed by atoms with Gasteiger partial charge in [-0.2, -0.15) is 0 Å². The zero-order valence-electron chi connectivity index (χ0n) is 38.6. The Morgan fingerprint density at radius 1 is 0.567 bits per heavy atom. The molecule has 0 radical (unpaired) electrons. The number of nitrogens with one attached hydrogen (secondary N) is 2. The summed E-state index contributed by atoms with van der Waals surface area (Å²) in [5, 5.41) is 6.81. The molecule has 1 aliphatic rings. The van der Waals surface area contributed by atoms with Crippen molar-refractivity contribution >= 4 is 94.0 Å². The summed E-state index contributed by atoms with van der Waals surface area (Å²) in [6, 6.07) is 30.6. The van der Waals surface area contributed by atoms with Gasteiger partial charge in [0.1, 0.15) is 25.3 Å². The molecule has 6 aromatic heterocycles. The maximum absolute atomic E-state index is 12.6. The van der Waals surface area contributed by atoms with Gasteiger partial charge in [-0.05, 0) is 144 Å². The number of halogens is 1. The Morgan fingerprint density at radius 2 is 0.985 bits per heavy atom. The van der Waals surface area contributed by atoms with E-state index >= 15 is 0 Å². The van der Waals surface area contributed by atoms with Gasteiger partial charge in [0.15, 0.2) is 10.3 Å². The molecule has 346 valence electrons. The second-order valence-electron chi connectivity index (χ2n) is 18.7. The number of amides is 2. The van der Waals surface area contributed by atoms with Crippen LogP contribution in [0, 0.1) is 0 Å². The number of anilines is 2. The molecule has 7 heterocycles. The van der Waals surface area contributed by atoms with Crippen LogP contribution in [0.15, 0.2) is 126 Å². The third-order valence-corrected chi connectivity index (χ3v) is 13.4. The van der Waals surface area contributed by atoms with Crippen molar-refractivity contribution in [1.82, 2.24) is 29.9 Å². The summed E-state index contributed by atoms with van der Waals surface area (Å²) in [7, 11) is -0.280. The largest absolute Gasteiger partial charge is 0.494 e. The van der Waals surface area contributed by atoms with Crippen LogP contribution in [0.3, 0.4) is 0 Å². The van der Waals surface area contributed by atoms with Crippen LogP contribution >= 0.6 is 38.6 Å². The van der Waals surface area contributed by atoms with E-state index in [4.69, 9.17) is 9.31 Å². The average molecular weight is 1000 g/mol. The van der Waals surface area contributed by atoms with Crippen molar-refractivity contribution in [3.05, 3.63) is 149 Å². The second-order valence-corrected chi connectivity index (χ2v) is 21.5. The normalized spacial score (nSPS) is 14.0. The minimum absolute atomic E-state index is 0. The van der Waals surface area contributed by atoms with Gasteiger partial charge in [0.2, 0.25) is 0 Å². The molecule has 2 aromatic carbocycles. The van der Waals surface area contributed by atoms with Crippen molar-refractivity contribution < 1.29 is 18.9 Å². The van der Waals surface area contributed by atoms with E-state index in [2.05, 4.69) is 98.0 Å². The molecule has 9 rings (SSSR count). The summed E-state index contributed by atoms with van der Waals surface area (Å²) in [5.41, 5.74) is 7.60. The fourth-order valence-electron chi connectivity index (χ4n) is 6.48. The van der Waals surface area contributed by atoms with Crippen LogP contribution in [0.25, 0.3) is 32.0 Å². The number of hydrogen-bond acceptors (Lipinski definition) is 12. The van der Waals surface area contributed by atoms with Gasteiger partial charge in [0.25, 0.3) is 11.8 Å². The Balaban J connectivity index is 0.000000172. The van der Waals surface area contributed by atoms with Gasteiger partial charge in [-0.15, -0.1) is 0 Å². The Labute approximate surface area is 409 Å². The lowest BCUT2D eigenvalue weighted by atomic mass is 9.80. The number of hydrogen-bond donors (Lipinski definition) is 2. The number of benzene rings is 2. The average Bonchev–Trinajstić information content (AvgIpc) is 3.94. The van der Waals surface area contributed by atoms with Crippen molar-refractivity contribution in [3.63, 3.8) is 0 Å². The molecule has 0 unspecified atom stereocenters. The highest BCUT2D eigenvalue weighted by Gasteiger charge is 2.51. The van der Waals surface area contributed by atoms with Gasteiger partial charge in [-0.1, -0.05) is 95.9 Å². The molecular weight excluding hydrogens is 943 g/mol. The Hall–Kier alpha value is -5.78. The highest BCUT2D eigenvalue weighted by molar-refractivity contribution is 9.10. The summed E-state index contributed by atoms with van der Waals surface area (Å²) < 4.78 is 12.6. The number of nitrogens with zero attached hydrogens (tertiary/aromatic N) is 6. The van der Waals surface area contributed by atoms with Crippen molar-refractivity contribution in [3.8, 4) is 11.3 Å². The summed E-state index contributed by atoms with van der Waals surface area (Å²) >= 11 is 6.06. The fraction of sp³-hybridized carbons (Fsp3) is 0.294. The van der Waals surface area contributed by atoms with Crippen LogP contribution in [-0.2, 0) is 20.1 Å². The smallest absolute Gasteiger partial charge is 0.399 e. The number of thiazole rings is 2. The van der Waals surface area contributed by atoms with E-state index in [9.17, 15) is 9.59 Å². The van der Waals surface area contributed by atoms with Gasteiger partial charge in [0.05, 0.1) is 16.9 Å². The van der Waals surface area contributed by atoms with Crippen LogP contribution < -0.4 is 16.1 Å². The van der Waals surface area contributed by atoms with Crippen LogP contribution in [0.4, 0.5) is 10.3 Å². The standard InChI is InChI=1S/C22H20N4OS.C17H16BrN3OS.C11H16BNO2.CH4/c1-22(2,3)16-6-4-15(5-7-16)19(27)26-21-25-18-9-8-17(24-20(18)28-21)14-10-12-23-13-11-14;1-17(2,3)11-6-4-10(5-7-11)14(22)21-16-19-12-8-9-13(18)20-15(12)23-16;1-10(2)11(3,4)15-12(14-10)9-5-7-13-8-6-9;/h4-13H,1-3H3,(H,25,26,27);4-9H,1-3H3,(H,19,21,22);5-8H,1-4H3;1H4. The number of carbonyl (C=O) groups excluding carboxylic acids is 2. The molecule has 1 aliphatic heterocycles. The zero-order valence-corrected chi connectivity index (χ0v) is 41.9. The number of rotatable bonds is 6. The van der Waals surface area contributed by atoms with Crippen molar-refractivity contribution in [2.45, 2.75) is 98.7 Å². The Kier molecular flexibility index (Phi) is 15.6. The lowest BCUT2D eigenvalue weighted by molar-refractivity contribution is 0.00578. The van der Waals surface area contributed by atoms with E-state index in [1.54, 1.807) is 24.8 Å². The molecule has 67 heavy (non-hydrogen) atoms. The monoisotopic (exact) mass is 998 g/mol. The zero-order chi connectivity index (χ0) is 47.4. The summed E-state index contributed by atoms with van der Waals surface area (Å²) in [6.45, 7) is 21.1. The Morgan fingerprint density at radius 3 is 1.43 bits per heavy atom. The number of pyridine rings is 4. The predicted octanol–water partition coefficient (Wildman–Crippen LogP) is 12.3. The molecule has 0 atom stereocenters. The van der Waals surface area contributed by atoms with E-state index in [0.29, 0.717) is 21.4 Å². The quantitative estimate of drug-likeness (QED) is 0.122. The molecule has 2 amide bonds. The molecular formula is C51H56BBrN8O4S2. The van der Waals surface area contributed by atoms with Gasteiger partial charge in [0, 0.05) is 41.5 Å². The first-order valence-electron chi connectivity index (χ1n) is 21.4. The minimum atomic E-state index is -0.280. The van der Waals surface area contributed by atoms with E-state index in [-0.39, 0.29) is 48.4 Å². The molecule has 12 nitrogen and oxygen atoms in total. The van der Waals surface area contributed by atoms with E-state index in [0.717, 1.165) is 42.0 Å². The molecule has 1 fully saturated rings. The Bertz CT molecular complexity index is 2940. The highest BCUT2D eigenvalue weighted by atomic mass is 79.9. The second kappa shape index (κ2) is 20.6. The molecule has 16 heteroatoms. The van der Waals surface area contributed by atoms with Crippen LogP contribution in [0.2, 0.25) is 0 Å². The first kappa shape index (κ1) is 50.6. The third-order valence-electron chi connectivity index (χ3n) is 11.2. The van der Waals surface area contributed by atoms with Crippen LogP contribution in [-0.4, -0.2) is 60.0 Å². The fourth-order valence-corrected chi connectivity index (χ4v) is 8.58. The third kappa shape index (κ3) is 12.6. The van der Waals surface area contributed by atoms with Gasteiger partial charge >= 0.3 is 7.12 Å². The minimum Gasteiger partial charge on any atom is -0.399 e. The lowest BCUT2D eigenvalue weighted by Gasteiger charge is -2.32. The molecule has 0 bridgehead atoms. The molecule has 8 aromatic rings. The lowest BCUT2D eigenvalue weighted by Crippen LogP contribution is -2.41. The maximum Gasteiger partial charge on any atom is 0.494 e. The number of carbonyl (C=O) groups is 2. The first-order chi connectivity index (χ1) is 31.1. The number of aromatic nitrogens is 6. The summed E-state index contributed by atoms with van der Waals surface area (Å²) in [5.74, 6) is -0.336. The first-order valence-corrected chi connectivity index (χ1v) is 23.8. The van der Waals surface area contributed by atoms with E-state index < -0.39 is 0 Å². The van der Waals surface area contributed by atoms with Crippen LogP contribution in [0.5, 0.6) is 0 Å². The number of fused-ring (bicyclic) bond motifs is 2. The SMILES string of the molecule is C.CC(C)(C)c1ccc(C(=O)Nc2nc3ccc(-c4ccncc4)nc3s2)cc1.CC(C)(C)c1ccc(C(=O)Nc2nc3ccc(Br)nc3s2)cc1.CC1(C)OB(c2ccncc2)OC1(C)C. The van der Waals surface area contributed by atoms with Crippen LogP contribution in [0.1, 0.15) is 109 Å². The van der Waals surface area contributed by atoms with Crippen molar-refractivity contribution in [2.24, 2.45) is 0 Å². The molecule has 1 saturated heterocycles. The van der Waals surface area contributed by atoms with Crippen molar-refractivity contribution in [2.75, 3.05) is 10.6 Å². The predicted molar refractivity (Wildman–Crippen MR) is 279 cm³/mol. The van der Waals surface area contributed by atoms with Gasteiger partial charge in [-0.3, -0.25) is 30.2 Å². The maximum atomic E-state index is 12.6. The highest BCUT2D eigenvalue weighted by Crippen LogP contribution is 2.36.